The van der Waals surface area contributed by atoms with E-state index in [1.54, 1.807) is 59.8 Å². The van der Waals surface area contributed by atoms with Gasteiger partial charge in [-0.3, -0.25) is 23.7 Å². The Morgan fingerprint density at radius 3 is 2.47 bits per heavy atom. The number of aliphatic hydroxyl groups is 1. The number of fused-ring (bicyclic) bond motifs is 1. The van der Waals surface area contributed by atoms with Crippen LogP contribution in [0.3, 0.4) is 0 Å². The van der Waals surface area contributed by atoms with Crippen molar-refractivity contribution in [3.63, 3.8) is 0 Å². The molecule has 6 rings (SSSR count). The van der Waals surface area contributed by atoms with Crippen molar-refractivity contribution in [2.45, 2.75) is 59.0 Å². The number of halogens is 1. The van der Waals surface area contributed by atoms with E-state index in [9.17, 15) is 19.5 Å². The topological polar surface area (TPSA) is 119 Å². The molecule has 1 atom stereocenters. The number of ether oxygens (including phenoxy) is 1. The van der Waals surface area contributed by atoms with Gasteiger partial charge >= 0.3 is 5.69 Å². The van der Waals surface area contributed by atoms with E-state index in [1.807, 2.05) is 68.4 Å². The van der Waals surface area contributed by atoms with Gasteiger partial charge in [0.2, 0.25) is 0 Å². The van der Waals surface area contributed by atoms with E-state index in [0.717, 1.165) is 26.9 Å². The molecule has 2 amide bonds. The first-order chi connectivity index (χ1) is 23.4. The Balaban J connectivity index is 1.38. The van der Waals surface area contributed by atoms with Crippen LogP contribution in [-0.2, 0) is 19.6 Å². The second kappa shape index (κ2) is 13.9. The molecule has 0 radical (unpaired) electrons. The molecule has 0 fully saturated rings. The smallest absolute Gasteiger partial charge is 0.333 e. The highest BCUT2D eigenvalue weighted by atomic mass is 79.9. The van der Waals surface area contributed by atoms with Crippen molar-refractivity contribution in [2.75, 3.05) is 6.61 Å². The molecule has 0 unspecified atom stereocenters. The second-order valence-electron chi connectivity index (χ2n) is 12.9. The summed E-state index contributed by atoms with van der Waals surface area (Å²) in [7, 11) is 0. The van der Waals surface area contributed by atoms with Crippen LogP contribution in [0.25, 0.3) is 16.9 Å². The number of nitrogens with one attached hydrogen (secondary N) is 1. The molecule has 10 nitrogen and oxygen atoms in total. The molecule has 3 heterocycles. The molecule has 1 aliphatic rings. The summed E-state index contributed by atoms with van der Waals surface area (Å²) >= 11 is 3.50. The average Bonchev–Trinajstić information content (AvgIpc) is 3.38. The van der Waals surface area contributed by atoms with Gasteiger partial charge in [0.15, 0.2) is 0 Å². The van der Waals surface area contributed by atoms with Crippen LogP contribution in [-0.4, -0.2) is 54.2 Å². The third kappa shape index (κ3) is 7.23. The van der Waals surface area contributed by atoms with Gasteiger partial charge in [0, 0.05) is 40.9 Å². The fourth-order valence-electron chi connectivity index (χ4n) is 5.96. The van der Waals surface area contributed by atoms with E-state index in [1.165, 1.54) is 4.57 Å². The first kappa shape index (κ1) is 33.9. The minimum atomic E-state index is -1.02. The number of rotatable bonds is 9. The number of aryl methyl sites for hydroxylation is 1. The van der Waals surface area contributed by atoms with E-state index >= 15 is 0 Å². The highest BCUT2D eigenvalue weighted by molar-refractivity contribution is 9.10. The fourth-order valence-corrected chi connectivity index (χ4v) is 6.21. The summed E-state index contributed by atoms with van der Waals surface area (Å²) in [6, 6.07) is 25.3. The monoisotopic (exact) mass is 723 g/mol. The molecule has 0 aliphatic carbocycles. The van der Waals surface area contributed by atoms with Gasteiger partial charge in [-0.1, -0.05) is 46.3 Å². The zero-order valence-electron chi connectivity index (χ0n) is 27.8. The molecule has 0 spiro atoms. The standard InChI is InChI=1S/C38H38BrN5O5/c1-24-19-26(12-17-31(24)39)36(46)42-22-33-34(35(45)41-20-27-9-5-6-10-30(27)32-11-7-8-18-40-32)44(37(47)43(33)21-25(42)2)28-13-15-29(16-14-28)49-23-38(3,4)48/h5-19,25,48H,20-23H2,1-4H3,(H,41,45)/t25-/m0/s1. The molecule has 3 aromatic carbocycles. The Morgan fingerprint density at radius 1 is 1.04 bits per heavy atom. The summed E-state index contributed by atoms with van der Waals surface area (Å²) in [5, 5.41) is 13.1. The Morgan fingerprint density at radius 2 is 1.78 bits per heavy atom. The first-order valence-electron chi connectivity index (χ1n) is 16.1. The fraction of sp³-hybridized carbons (Fsp3) is 0.263. The number of benzene rings is 3. The van der Waals surface area contributed by atoms with E-state index < -0.39 is 11.5 Å². The molecule has 252 valence electrons. The molecule has 2 N–H and O–H groups in total. The van der Waals surface area contributed by atoms with Gasteiger partial charge in [-0.15, -0.1) is 0 Å². The third-order valence-electron chi connectivity index (χ3n) is 8.51. The van der Waals surface area contributed by atoms with Gasteiger partial charge in [-0.05, 0) is 93.4 Å². The van der Waals surface area contributed by atoms with Crippen molar-refractivity contribution in [1.82, 2.24) is 24.3 Å². The number of imidazole rings is 1. The predicted octanol–water partition coefficient (Wildman–Crippen LogP) is 5.90. The number of pyridine rings is 1. The lowest BCUT2D eigenvalue weighted by Gasteiger charge is -2.34. The third-order valence-corrected chi connectivity index (χ3v) is 9.40. The molecule has 11 heteroatoms. The number of amides is 2. The zero-order chi connectivity index (χ0) is 34.9. The van der Waals surface area contributed by atoms with Crippen molar-refractivity contribution in [3.05, 3.63) is 134 Å². The van der Waals surface area contributed by atoms with E-state index in [-0.39, 0.29) is 49.6 Å². The van der Waals surface area contributed by atoms with Crippen molar-refractivity contribution in [1.29, 1.82) is 0 Å². The van der Waals surface area contributed by atoms with E-state index in [0.29, 0.717) is 22.7 Å². The normalized spacial score (nSPS) is 14.3. The van der Waals surface area contributed by atoms with Gasteiger partial charge < -0.3 is 20.1 Å². The lowest BCUT2D eigenvalue weighted by atomic mass is 10.0. The van der Waals surface area contributed by atoms with Crippen LogP contribution in [0.15, 0.2) is 100 Å². The lowest BCUT2D eigenvalue weighted by Crippen LogP contribution is -2.47. The van der Waals surface area contributed by atoms with Crippen LogP contribution >= 0.6 is 15.9 Å². The predicted molar refractivity (Wildman–Crippen MR) is 191 cm³/mol. The number of hydrogen-bond acceptors (Lipinski definition) is 6. The van der Waals surface area contributed by atoms with Gasteiger partial charge in [-0.25, -0.2) is 4.79 Å². The van der Waals surface area contributed by atoms with Crippen LogP contribution in [0.5, 0.6) is 5.75 Å². The summed E-state index contributed by atoms with van der Waals surface area (Å²) in [4.78, 5) is 48.5. The van der Waals surface area contributed by atoms with Gasteiger partial charge in [0.1, 0.15) is 18.1 Å². The minimum absolute atomic E-state index is 0.0669. The Kier molecular flexibility index (Phi) is 9.58. The van der Waals surface area contributed by atoms with Crippen LogP contribution in [0.4, 0.5) is 0 Å². The Hall–Kier alpha value is -5.00. The van der Waals surface area contributed by atoms with E-state index in [4.69, 9.17) is 4.74 Å². The average molecular weight is 725 g/mol. The molecular weight excluding hydrogens is 686 g/mol. The van der Waals surface area contributed by atoms with Crippen molar-refractivity contribution in [3.8, 4) is 22.7 Å². The maximum absolute atomic E-state index is 14.3. The van der Waals surface area contributed by atoms with E-state index in [2.05, 4.69) is 26.2 Å². The highest BCUT2D eigenvalue weighted by Gasteiger charge is 2.35. The van der Waals surface area contributed by atoms with Crippen molar-refractivity contribution >= 4 is 27.7 Å². The SMILES string of the molecule is Cc1cc(C(=O)N2Cc3c(C(=O)NCc4ccccc4-c4ccccn4)n(-c4ccc(OCC(C)(C)O)cc4)c(=O)n3C[C@@H]2C)ccc1Br. The molecule has 2 aromatic heterocycles. The first-order valence-corrected chi connectivity index (χ1v) is 16.9. The number of aromatic nitrogens is 3. The Labute approximate surface area is 293 Å². The van der Waals surface area contributed by atoms with Gasteiger partial charge in [0.25, 0.3) is 11.8 Å². The number of nitrogens with zero attached hydrogens (tertiary/aromatic N) is 4. The van der Waals surface area contributed by atoms with Gasteiger partial charge in [0.05, 0.1) is 29.2 Å². The highest BCUT2D eigenvalue weighted by Crippen LogP contribution is 2.27. The molecule has 5 aromatic rings. The molecule has 1 aliphatic heterocycles. The summed E-state index contributed by atoms with van der Waals surface area (Å²) < 4.78 is 9.62. The molecule has 0 saturated heterocycles. The van der Waals surface area contributed by atoms with Crippen LogP contribution in [0.1, 0.15) is 58.4 Å². The number of carbonyl (C=O) groups is 2. The van der Waals surface area contributed by atoms with Crippen molar-refractivity contribution in [2.24, 2.45) is 0 Å². The molecule has 49 heavy (non-hydrogen) atoms. The largest absolute Gasteiger partial charge is 0.491 e. The second-order valence-corrected chi connectivity index (χ2v) is 13.8. The molecular formula is C38H38BrN5O5. The molecule has 0 saturated carbocycles. The minimum Gasteiger partial charge on any atom is -0.491 e. The zero-order valence-corrected chi connectivity index (χ0v) is 29.4. The summed E-state index contributed by atoms with van der Waals surface area (Å²) in [6.07, 6.45) is 1.72. The maximum Gasteiger partial charge on any atom is 0.333 e. The molecule has 0 bridgehead atoms. The number of carbonyl (C=O) groups excluding carboxylic acids is 2. The van der Waals surface area contributed by atoms with Gasteiger partial charge in [-0.2, -0.15) is 0 Å². The summed E-state index contributed by atoms with van der Waals surface area (Å²) in [6.45, 7) is 7.69. The lowest BCUT2D eigenvalue weighted by molar-refractivity contribution is 0.0285. The van der Waals surface area contributed by atoms with Crippen LogP contribution in [0.2, 0.25) is 0 Å². The van der Waals surface area contributed by atoms with Crippen LogP contribution < -0.4 is 15.7 Å². The quantitative estimate of drug-likeness (QED) is 0.196. The summed E-state index contributed by atoms with van der Waals surface area (Å²) in [5.74, 6) is -0.126. The Bertz CT molecular complexity index is 2070. The summed E-state index contributed by atoms with van der Waals surface area (Å²) in [5.41, 5.74) is 3.66. The maximum atomic E-state index is 14.3. The van der Waals surface area contributed by atoms with Crippen LogP contribution in [0, 0.1) is 6.92 Å². The van der Waals surface area contributed by atoms with Crippen molar-refractivity contribution < 1.29 is 19.4 Å². The number of hydrogen-bond donors (Lipinski definition) is 2.